The lowest BCUT2D eigenvalue weighted by molar-refractivity contribution is -0.0711. The fourth-order valence-electron chi connectivity index (χ4n) is 3.21. The highest BCUT2D eigenvalue weighted by molar-refractivity contribution is 5.29. The summed E-state index contributed by atoms with van der Waals surface area (Å²) in [6.45, 7) is 15.3. The summed E-state index contributed by atoms with van der Waals surface area (Å²) in [5.41, 5.74) is 1.38. The second-order valence-corrected chi connectivity index (χ2v) is 6.73. The van der Waals surface area contributed by atoms with E-state index in [2.05, 4.69) is 38.1 Å². The smallest absolute Gasteiger partial charge is 0.196 e. The Hall–Kier alpha value is -1.02. The number of hydrogen-bond donors (Lipinski definition) is 0. The molecule has 0 amide bonds. The molecule has 26 heavy (non-hydrogen) atoms. The van der Waals surface area contributed by atoms with E-state index in [0.717, 1.165) is 18.3 Å². The Labute approximate surface area is 163 Å². The van der Waals surface area contributed by atoms with Gasteiger partial charge >= 0.3 is 0 Å². The maximum Gasteiger partial charge on any atom is 0.196 e. The van der Waals surface area contributed by atoms with Crippen molar-refractivity contribution in [2.45, 2.75) is 106 Å². The molecule has 0 aromatic heterocycles. The molecule has 2 heteroatoms. The van der Waals surface area contributed by atoms with Gasteiger partial charge in [0.05, 0.1) is 6.61 Å². The maximum atomic E-state index is 5.85. The van der Waals surface area contributed by atoms with E-state index in [9.17, 15) is 0 Å². The molecule has 0 radical (unpaired) electrons. The molecule has 1 aliphatic rings. The van der Waals surface area contributed by atoms with Crippen molar-refractivity contribution in [2.75, 3.05) is 6.61 Å². The van der Waals surface area contributed by atoms with Crippen molar-refractivity contribution in [1.29, 1.82) is 0 Å². The van der Waals surface area contributed by atoms with Crippen molar-refractivity contribution in [1.82, 2.24) is 0 Å². The first kappa shape index (κ1) is 25.0. The lowest BCUT2D eigenvalue weighted by Crippen LogP contribution is -2.19. The highest BCUT2D eigenvalue weighted by atomic mass is 16.7. The van der Waals surface area contributed by atoms with Crippen LogP contribution in [0.5, 0.6) is 5.75 Å². The summed E-state index contributed by atoms with van der Waals surface area (Å²) in [6, 6.07) is 8.45. The Bertz CT molecular complexity index is 407. The second-order valence-electron chi connectivity index (χ2n) is 6.73. The Morgan fingerprint density at radius 2 is 1.50 bits per heavy atom. The molecule has 0 spiro atoms. The lowest BCUT2D eigenvalue weighted by atomic mass is 9.87. The number of rotatable bonds is 8. The average Bonchev–Trinajstić information content (AvgIpc) is 2.72. The van der Waals surface area contributed by atoms with Crippen molar-refractivity contribution in [2.24, 2.45) is 5.92 Å². The third-order valence-electron chi connectivity index (χ3n) is 4.97. The molecule has 152 valence electrons. The van der Waals surface area contributed by atoms with Crippen LogP contribution in [0.25, 0.3) is 0 Å². The molecular weight excluding hydrogens is 320 g/mol. The number of hydrogen-bond acceptors (Lipinski definition) is 2. The standard InChI is InChI=1S/C20H32O2.2C2H6/c1-4-16(2)19-10-12-20(13-11-19)22-17(3)21-15-14-18-8-6-5-7-9-18;2*1-2/h10-13,16-18H,4-9,14-15H2,1-3H3;2*1-2H3. The van der Waals surface area contributed by atoms with Crippen molar-refractivity contribution in [3.63, 3.8) is 0 Å². The minimum absolute atomic E-state index is 0.168. The molecule has 2 unspecified atom stereocenters. The van der Waals surface area contributed by atoms with Gasteiger partial charge in [0.15, 0.2) is 6.29 Å². The molecule has 0 aliphatic heterocycles. The van der Waals surface area contributed by atoms with Gasteiger partial charge in [-0.15, -0.1) is 0 Å². The predicted molar refractivity (Wildman–Crippen MR) is 115 cm³/mol. The predicted octanol–water partition coefficient (Wildman–Crippen LogP) is 7.96. The number of ether oxygens (including phenoxy) is 2. The summed E-state index contributed by atoms with van der Waals surface area (Å²) in [6.07, 6.45) is 9.17. The van der Waals surface area contributed by atoms with Crippen LogP contribution in [0.2, 0.25) is 0 Å². The van der Waals surface area contributed by atoms with Gasteiger partial charge in [-0.05, 0) is 49.3 Å². The summed E-state index contributed by atoms with van der Waals surface area (Å²) >= 11 is 0. The van der Waals surface area contributed by atoms with Crippen molar-refractivity contribution in [3.8, 4) is 5.75 Å². The Morgan fingerprint density at radius 3 is 2.04 bits per heavy atom. The quantitative estimate of drug-likeness (QED) is 0.435. The second kappa shape index (κ2) is 16.2. The molecule has 2 rings (SSSR count). The first-order valence-corrected chi connectivity index (χ1v) is 11.1. The van der Waals surface area contributed by atoms with Crippen LogP contribution in [0.3, 0.4) is 0 Å². The van der Waals surface area contributed by atoms with E-state index in [1.165, 1.54) is 50.5 Å². The van der Waals surface area contributed by atoms with Crippen LogP contribution in [0.1, 0.15) is 105 Å². The van der Waals surface area contributed by atoms with Gasteiger partial charge in [0, 0.05) is 0 Å². The largest absolute Gasteiger partial charge is 0.465 e. The van der Waals surface area contributed by atoms with Gasteiger partial charge in [-0.1, -0.05) is 85.8 Å². The monoisotopic (exact) mass is 364 g/mol. The summed E-state index contributed by atoms with van der Waals surface area (Å²) in [4.78, 5) is 0. The number of benzene rings is 1. The lowest BCUT2D eigenvalue weighted by Gasteiger charge is -2.22. The molecule has 0 heterocycles. The van der Waals surface area contributed by atoms with Gasteiger partial charge in [-0.2, -0.15) is 0 Å². The Balaban J connectivity index is 0.00000146. The van der Waals surface area contributed by atoms with Crippen molar-refractivity contribution in [3.05, 3.63) is 29.8 Å². The molecule has 1 aromatic carbocycles. The fourth-order valence-corrected chi connectivity index (χ4v) is 3.21. The third-order valence-corrected chi connectivity index (χ3v) is 4.97. The molecule has 1 saturated carbocycles. The average molecular weight is 365 g/mol. The zero-order chi connectivity index (χ0) is 19.8. The third kappa shape index (κ3) is 10.2. The maximum absolute atomic E-state index is 5.85. The summed E-state index contributed by atoms with van der Waals surface area (Å²) in [7, 11) is 0. The van der Waals surface area contributed by atoms with Crippen LogP contribution >= 0.6 is 0 Å². The van der Waals surface area contributed by atoms with Gasteiger partial charge in [-0.25, -0.2) is 0 Å². The fraction of sp³-hybridized carbons (Fsp3) is 0.750. The van der Waals surface area contributed by atoms with E-state index < -0.39 is 0 Å². The molecular formula is C24H44O2. The zero-order valence-corrected chi connectivity index (χ0v) is 18.5. The van der Waals surface area contributed by atoms with Gasteiger partial charge in [-0.3, -0.25) is 0 Å². The summed E-state index contributed by atoms with van der Waals surface area (Å²) in [5, 5.41) is 0. The van der Waals surface area contributed by atoms with Crippen LogP contribution in [0.15, 0.2) is 24.3 Å². The van der Waals surface area contributed by atoms with Gasteiger partial charge in [0.25, 0.3) is 0 Å². The summed E-state index contributed by atoms with van der Waals surface area (Å²) < 4.78 is 11.7. The molecule has 1 aliphatic carbocycles. The molecule has 0 saturated heterocycles. The van der Waals surface area contributed by atoms with Crippen LogP contribution in [-0.2, 0) is 4.74 Å². The van der Waals surface area contributed by atoms with Crippen molar-refractivity contribution >= 4 is 0 Å². The Kier molecular flexibility index (Phi) is 15.5. The molecule has 1 aromatic rings. The van der Waals surface area contributed by atoms with E-state index in [-0.39, 0.29) is 6.29 Å². The minimum atomic E-state index is -0.168. The van der Waals surface area contributed by atoms with E-state index in [1.807, 2.05) is 34.6 Å². The molecule has 2 nitrogen and oxygen atoms in total. The van der Waals surface area contributed by atoms with E-state index >= 15 is 0 Å². The first-order chi connectivity index (χ1) is 12.7. The Morgan fingerprint density at radius 1 is 0.923 bits per heavy atom. The molecule has 1 fully saturated rings. The van der Waals surface area contributed by atoms with Crippen LogP contribution in [0.4, 0.5) is 0 Å². The zero-order valence-electron chi connectivity index (χ0n) is 18.5. The highest BCUT2D eigenvalue weighted by Crippen LogP contribution is 2.26. The van der Waals surface area contributed by atoms with E-state index in [0.29, 0.717) is 5.92 Å². The minimum Gasteiger partial charge on any atom is -0.465 e. The summed E-state index contributed by atoms with van der Waals surface area (Å²) in [5.74, 6) is 2.38. The topological polar surface area (TPSA) is 18.5 Å². The van der Waals surface area contributed by atoms with Gasteiger partial charge < -0.3 is 9.47 Å². The molecule has 2 atom stereocenters. The van der Waals surface area contributed by atoms with Gasteiger partial charge in [0.2, 0.25) is 0 Å². The normalized spacial score (nSPS) is 16.4. The van der Waals surface area contributed by atoms with E-state index in [1.54, 1.807) is 0 Å². The van der Waals surface area contributed by atoms with Crippen LogP contribution in [0, 0.1) is 5.92 Å². The first-order valence-electron chi connectivity index (χ1n) is 11.1. The van der Waals surface area contributed by atoms with E-state index in [4.69, 9.17) is 9.47 Å². The van der Waals surface area contributed by atoms with Crippen LogP contribution in [-0.4, -0.2) is 12.9 Å². The van der Waals surface area contributed by atoms with Crippen LogP contribution < -0.4 is 4.74 Å². The highest BCUT2D eigenvalue weighted by Gasteiger charge is 2.14. The van der Waals surface area contributed by atoms with Crippen molar-refractivity contribution < 1.29 is 9.47 Å². The SMILES string of the molecule is CC.CC.CCC(C)c1ccc(OC(C)OCCC2CCCCC2)cc1. The van der Waals surface area contributed by atoms with Gasteiger partial charge in [0.1, 0.15) is 5.75 Å². The molecule has 0 bridgehead atoms. The molecule has 0 N–H and O–H groups in total.